The van der Waals surface area contributed by atoms with Gasteiger partial charge in [0, 0.05) is 16.5 Å². The zero-order valence-electron chi connectivity index (χ0n) is 15.8. The van der Waals surface area contributed by atoms with Crippen LogP contribution in [0.25, 0.3) is 11.1 Å². The number of hydrogen-bond donors (Lipinski definition) is 1. The van der Waals surface area contributed by atoms with E-state index >= 15 is 0 Å². The van der Waals surface area contributed by atoms with E-state index in [0.717, 1.165) is 27.8 Å². The van der Waals surface area contributed by atoms with Crippen LogP contribution in [0.4, 0.5) is 5.00 Å². The van der Waals surface area contributed by atoms with Crippen LogP contribution in [0, 0.1) is 20.8 Å². The highest BCUT2D eigenvalue weighted by molar-refractivity contribution is 7.15. The average Bonchev–Trinajstić information content (AvgIpc) is 3.06. The Morgan fingerprint density at radius 2 is 1.70 bits per heavy atom. The molecule has 3 aromatic rings. The summed E-state index contributed by atoms with van der Waals surface area (Å²) in [6, 6.07) is 13.4. The number of amides is 1. The zero-order chi connectivity index (χ0) is 19.6. The number of benzene rings is 2. The maximum atomic E-state index is 12.7. The van der Waals surface area contributed by atoms with Crippen molar-refractivity contribution in [3.8, 4) is 11.1 Å². The molecule has 0 saturated carbocycles. The summed E-state index contributed by atoms with van der Waals surface area (Å²) in [7, 11) is 1.35. The molecule has 0 radical (unpaired) electrons. The van der Waals surface area contributed by atoms with Crippen molar-refractivity contribution in [2.45, 2.75) is 20.8 Å². The van der Waals surface area contributed by atoms with Gasteiger partial charge in [-0.15, -0.1) is 11.3 Å². The molecule has 138 valence electrons. The van der Waals surface area contributed by atoms with Gasteiger partial charge < -0.3 is 10.1 Å². The lowest BCUT2D eigenvalue weighted by molar-refractivity contribution is 0.0603. The van der Waals surface area contributed by atoms with Gasteiger partial charge in [0.15, 0.2) is 0 Å². The van der Waals surface area contributed by atoms with E-state index in [1.807, 2.05) is 62.5 Å². The second-order valence-corrected chi connectivity index (χ2v) is 7.31. The number of anilines is 1. The van der Waals surface area contributed by atoms with E-state index < -0.39 is 5.97 Å². The second kappa shape index (κ2) is 7.76. The van der Waals surface area contributed by atoms with Gasteiger partial charge in [0.25, 0.3) is 5.91 Å². The first-order valence-corrected chi connectivity index (χ1v) is 9.44. The Balaban J connectivity index is 2.06. The highest BCUT2D eigenvalue weighted by Crippen LogP contribution is 2.38. The summed E-state index contributed by atoms with van der Waals surface area (Å²) in [6.07, 6.45) is 0. The molecule has 4 nitrogen and oxygen atoms in total. The minimum absolute atomic E-state index is 0.243. The Bertz CT molecular complexity index is 1020. The quantitative estimate of drug-likeness (QED) is 0.619. The standard InChI is InChI=1S/C22H21NO3S/c1-13-9-10-15(3)17(11-13)18-12-27-21(19(18)22(25)26-4)23-20(24)16-8-6-5-7-14(16)2/h5-12H,1-4H3,(H,23,24). The van der Waals surface area contributed by atoms with Crippen molar-refractivity contribution in [1.29, 1.82) is 0 Å². The van der Waals surface area contributed by atoms with Gasteiger partial charge in [0.1, 0.15) is 10.6 Å². The summed E-state index contributed by atoms with van der Waals surface area (Å²) >= 11 is 1.33. The highest BCUT2D eigenvalue weighted by atomic mass is 32.1. The number of methoxy groups -OCH3 is 1. The fourth-order valence-electron chi connectivity index (χ4n) is 2.98. The van der Waals surface area contributed by atoms with Crippen molar-refractivity contribution in [3.63, 3.8) is 0 Å². The smallest absolute Gasteiger partial charge is 0.341 e. The predicted octanol–water partition coefficient (Wildman–Crippen LogP) is 5.38. The molecule has 0 bridgehead atoms. The van der Waals surface area contributed by atoms with Crippen LogP contribution in [0.15, 0.2) is 47.8 Å². The molecule has 3 rings (SSSR count). The van der Waals surface area contributed by atoms with E-state index in [4.69, 9.17) is 4.74 Å². The first kappa shape index (κ1) is 18.9. The molecule has 1 aromatic heterocycles. The molecular formula is C22H21NO3S. The lowest BCUT2D eigenvalue weighted by Gasteiger charge is -2.11. The molecule has 0 aliphatic rings. The molecule has 2 aromatic carbocycles. The van der Waals surface area contributed by atoms with Crippen LogP contribution >= 0.6 is 11.3 Å². The number of aryl methyl sites for hydroxylation is 3. The molecule has 0 unspecified atom stereocenters. The maximum absolute atomic E-state index is 12.7. The third-order valence-electron chi connectivity index (χ3n) is 4.48. The minimum atomic E-state index is -0.466. The Labute approximate surface area is 162 Å². The summed E-state index contributed by atoms with van der Waals surface area (Å²) in [6.45, 7) is 5.89. The van der Waals surface area contributed by atoms with Crippen molar-refractivity contribution >= 4 is 28.2 Å². The first-order chi connectivity index (χ1) is 12.9. The summed E-state index contributed by atoms with van der Waals surface area (Å²) in [5.74, 6) is -0.708. The second-order valence-electron chi connectivity index (χ2n) is 6.43. The third-order valence-corrected chi connectivity index (χ3v) is 5.38. The SMILES string of the molecule is COC(=O)c1c(-c2cc(C)ccc2C)csc1NC(=O)c1ccccc1C. The summed E-state index contributed by atoms with van der Waals surface area (Å²) < 4.78 is 4.99. The van der Waals surface area contributed by atoms with Crippen LogP contribution in [0.5, 0.6) is 0 Å². The van der Waals surface area contributed by atoms with Crippen molar-refractivity contribution in [2.24, 2.45) is 0 Å². The normalized spacial score (nSPS) is 10.5. The van der Waals surface area contributed by atoms with Gasteiger partial charge >= 0.3 is 5.97 Å². The van der Waals surface area contributed by atoms with Gasteiger partial charge in [-0.2, -0.15) is 0 Å². The summed E-state index contributed by atoms with van der Waals surface area (Å²) in [4.78, 5) is 25.2. The lowest BCUT2D eigenvalue weighted by Crippen LogP contribution is -2.15. The number of hydrogen-bond acceptors (Lipinski definition) is 4. The molecule has 0 aliphatic carbocycles. The molecule has 1 heterocycles. The van der Waals surface area contributed by atoms with Gasteiger partial charge in [0.05, 0.1) is 7.11 Å². The van der Waals surface area contributed by atoms with Gasteiger partial charge in [-0.05, 0) is 43.5 Å². The molecule has 0 saturated heterocycles. The topological polar surface area (TPSA) is 55.4 Å². The monoisotopic (exact) mass is 379 g/mol. The molecule has 1 amide bonds. The summed E-state index contributed by atoms with van der Waals surface area (Å²) in [5, 5.41) is 5.27. The highest BCUT2D eigenvalue weighted by Gasteiger charge is 2.23. The van der Waals surface area contributed by atoms with Crippen molar-refractivity contribution in [3.05, 3.63) is 75.7 Å². The van der Waals surface area contributed by atoms with Crippen LogP contribution in [0.3, 0.4) is 0 Å². The van der Waals surface area contributed by atoms with E-state index in [-0.39, 0.29) is 5.91 Å². The van der Waals surface area contributed by atoms with E-state index in [0.29, 0.717) is 16.1 Å². The fraction of sp³-hybridized carbons (Fsp3) is 0.182. The largest absolute Gasteiger partial charge is 0.465 e. The Hall–Kier alpha value is -2.92. The van der Waals surface area contributed by atoms with Crippen molar-refractivity contribution in [1.82, 2.24) is 0 Å². The molecule has 0 aliphatic heterocycles. The van der Waals surface area contributed by atoms with Gasteiger partial charge in [0.2, 0.25) is 0 Å². The molecular weight excluding hydrogens is 358 g/mol. The number of carbonyl (C=O) groups is 2. The van der Waals surface area contributed by atoms with E-state index in [1.54, 1.807) is 6.07 Å². The molecule has 0 fully saturated rings. The Morgan fingerprint density at radius 3 is 2.41 bits per heavy atom. The van der Waals surface area contributed by atoms with Gasteiger partial charge in [-0.25, -0.2) is 4.79 Å². The van der Waals surface area contributed by atoms with Crippen LogP contribution in [0.2, 0.25) is 0 Å². The number of carbonyl (C=O) groups excluding carboxylic acids is 2. The Morgan fingerprint density at radius 1 is 0.963 bits per heavy atom. The Kier molecular flexibility index (Phi) is 5.42. The average molecular weight is 379 g/mol. The van der Waals surface area contributed by atoms with Gasteiger partial charge in [-0.1, -0.05) is 42.0 Å². The van der Waals surface area contributed by atoms with Crippen molar-refractivity contribution < 1.29 is 14.3 Å². The molecule has 5 heteroatoms. The van der Waals surface area contributed by atoms with Crippen LogP contribution in [-0.2, 0) is 4.74 Å². The molecule has 0 spiro atoms. The van der Waals surface area contributed by atoms with Gasteiger partial charge in [-0.3, -0.25) is 4.79 Å². The first-order valence-electron chi connectivity index (χ1n) is 8.56. The van der Waals surface area contributed by atoms with Crippen molar-refractivity contribution in [2.75, 3.05) is 12.4 Å². The van der Waals surface area contributed by atoms with Crippen LogP contribution in [-0.4, -0.2) is 19.0 Å². The lowest BCUT2D eigenvalue weighted by atomic mass is 9.97. The number of rotatable bonds is 4. The maximum Gasteiger partial charge on any atom is 0.341 e. The van der Waals surface area contributed by atoms with E-state index in [9.17, 15) is 9.59 Å². The minimum Gasteiger partial charge on any atom is -0.465 e. The predicted molar refractivity (Wildman–Crippen MR) is 110 cm³/mol. The van der Waals surface area contributed by atoms with Crippen LogP contribution in [0.1, 0.15) is 37.4 Å². The van der Waals surface area contributed by atoms with Crippen LogP contribution < -0.4 is 5.32 Å². The number of nitrogens with one attached hydrogen (secondary N) is 1. The summed E-state index contributed by atoms with van der Waals surface area (Å²) in [5.41, 5.74) is 5.73. The number of ether oxygens (including phenoxy) is 1. The number of esters is 1. The molecule has 1 N–H and O–H groups in total. The number of thiophene rings is 1. The van der Waals surface area contributed by atoms with E-state index in [1.165, 1.54) is 18.4 Å². The fourth-order valence-corrected chi connectivity index (χ4v) is 3.92. The molecule has 0 atom stereocenters. The van der Waals surface area contributed by atoms with E-state index in [2.05, 4.69) is 5.32 Å². The molecule has 27 heavy (non-hydrogen) atoms. The zero-order valence-corrected chi connectivity index (χ0v) is 16.6. The third kappa shape index (κ3) is 3.78.